The normalized spacial score (nSPS) is 24.1. The van der Waals surface area contributed by atoms with Gasteiger partial charge in [-0.15, -0.1) is 0 Å². The van der Waals surface area contributed by atoms with Gasteiger partial charge in [-0.1, -0.05) is 49.4 Å². The molecule has 1 saturated heterocycles. The molecule has 142 valence electrons. The van der Waals surface area contributed by atoms with Crippen LogP contribution in [-0.2, 0) is 21.5 Å². The molecule has 2 aliphatic heterocycles. The third kappa shape index (κ3) is 2.19. The fourth-order valence-electron chi connectivity index (χ4n) is 4.77. The molecule has 3 heterocycles. The van der Waals surface area contributed by atoms with Gasteiger partial charge in [0.25, 0.3) is 5.91 Å². The third-order valence-electron chi connectivity index (χ3n) is 6.42. The van der Waals surface area contributed by atoms with E-state index < -0.39 is 5.54 Å². The van der Waals surface area contributed by atoms with E-state index in [1.165, 1.54) is 11.1 Å². The topological polar surface area (TPSA) is 65.2 Å². The number of hydrogen-bond acceptors (Lipinski definition) is 2. The molecule has 0 aliphatic carbocycles. The van der Waals surface area contributed by atoms with Crippen molar-refractivity contribution in [3.8, 4) is 0 Å². The molecule has 3 aromatic rings. The highest BCUT2D eigenvalue weighted by molar-refractivity contribution is 6.01. The number of para-hydroxylation sites is 1. The van der Waals surface area contributed by atoms with Gasteiger partial charge < -0.3 is 15.2 Å². The maximum absolute atomic E-state index is 12.9. The number of aromatic amines is 1. The second-order valence-corrected chi connectivity index (χ2v) is 7.87. The lowest BCUT2D eigenvalue weighted by atomic mass is 9.76. The molecule has 2 N–H and O–H groups in total. The predicted molar refractivity (Wildman–Crippen MR) is 108 cm³/mol. The second-order valence-electron chi connectivity index (χ2n) is 7.87. The summed E-state index contributed by atoms with van der Waals surface area (Å²) in [6.45, 7) is 4.56. The molecule has 0 unspecified atom stereocenters. The van der Waals surface area contributed by atoms with E-state index in [0.29, 0.717) is 6.54 Å². The van der Waals surface area contributed by atoms with Crippen LogP contribution in [0.3, 0.4) is 0 Å². The van der Waals surface area contributed by atoms with E-state index in [0.717, 1.165) is 28.6 Å². The lowest BCUT2D eigenvalue weighted by Crippen LogP contribution is -2.66. The van der Waals surface area contributed by atoms with Crippen molar-refractivity contribution in [3.63, 3.8) is 0 Å². The largest absolute Gasteiger partial charge is 0.356 e. The van der Waals surface area contributed by atoms with Crippen molar-refractivity contribution in [2.24, 2.45) is 0 Å². The zero-order valence-electron chi connectivity index (χ0n) is 16.1. The first-order chi connectivity index (χ1) is 13.5. The summed E-state index contributed by atoms with van der Waals surface area (Å²) in [6.07, 6.45) is 0.992. The zero-order valence-corrected chi connectivity index (χ0v) is 16.1. The Morgan fingerprint density at radius 1 is 1.11 bits per heavy atom. The second kappa shape index (κ2) is 5.96. The molecule has 5 nitrogen and oxygen atoms in total. The highest BCUT2D eigenvalue weighted by atomic mass is 16.2. The van der Waals surface area contributed by atoms with Crippen LogP contribution < -0.4 is 5.32 Å². The number of benzene rings is 2. The fraction of sp³-hybridized carbons (Fsp3) is 0.304. The zero-order chi connectivity index (χ0) is 19.5. The number of rotatable bonds is 2. The molecule has 0 bridgehead atoms. The van der Waals surface area contributed by atoms with Crippen LogP contribution in [-0.4, -0.2) is 34.8 Å². The van der Waals surface area contributed by atoms with Crippen molar-refractivity contribution in [2.45, 2.75) is 31.7 Å². The molecule has 2 aromatic carbocycles. The summed E-state index contributed by atoms with van der Waals surface area (Å²) in [7, 11) is 0. The molecule has 0 spiro atoms. The minimum absolute atomic E-state index is 0.0278. The molecule has 2 amide bonds. The van der Waals surface area contributed by atoms with Gasteiger partial charge in [-0.05, 0) is 36.1 Å². The monoisotopic (exact) mass is 373 g/mol. The summed E-state index contributed by atoms with van der Waals surface area (Å²) in [5.74, 6) is -0.138. The van der Waals surface area contributed by atoms with E-state index in [-0.39, 0.29) is 24.3 Å². The predicted octanol–water partition coefficient (Wildman–Crippen LogP) is 3.05. The number of aryl methyl sites for hydroxylation is 1. The third-order valence-corrected chi connectivity index (χ3v) is 6.42. The maximum Gasteiger partial charge on any atom is 0.252 e. The van der Waals surface area contributed by atoms with Crippen molar-refractivity contribution in [1.29, 1.82) is 0 Å². The van der Waals surface area contributed by atoms with Crippen LogP contribution in [0.5, 0.6) is 0 Å². The Bertz CT molecular complexity index is 1100. The minimum Gasteiger partial charge on any atom is -0.356 e. The van der Waals surface area contributed by atoms with Crippen LogP contribution in [0.25, 0.3) is 10.9 Å². The smallest absolute Gasteiger partial charge is 0.252 e. The highest BCUT2D eigenvalue weighted by Gasteiger charge is 2.53. The van der Waals surface area contributed by atoms with Crippen LogP contribution in [0.1, 0.15) is 42.1 Å². The molecule has 1 fully saturated rings. The average molecular weight is 373 g/mol. The van der Waals surface area contributed by atoms with Crippen LogP contribution in [0, 0.1) is 0 Å². The molecule has 5 heteroatoms. The van der Waals surface area contributed by atoms with E-state index in [2.05, 4.69) is 47.6 Å². The number of nitrogens with one attached hydrogen (secondary N) is 2. The van der Waals surface area contributed by atoms with E-state index >= 15 is 0 Å². The van der Waals surface area contributed by atoms with Crippen molar-refractivity contribution in [3.05, 3.63) is 70.9 Å². The SMILES string of the molecule is CCc1ccc([C@H]2CN3C(=O)CNC(=O)[C@]3(C)c3[nH]c4ccccc4c32)cc1. The summed E-state index contributed by atoms with van der Waals surface area (Å²) >= 11 is 0. The average Bonchev–Trinajstić information content (AvgIpc) is 3.12. The summed E-state index contributed by atoms with van der Waals surface area (Å²) in [6, 6.07) is 16.8. The summed E-state index contributed by atoms with van der Waals surface area (Å²) < 4.78 is 0. The Morgan fingerprint density at radius 2 is 1.86 bits per heavy atom. The van der Waals surface area contributed by atoms with E-state index in [9.17, 15) is 9.59 Å². The van der Waals surface area contributed by atoms with Gasteiger partial charge in [-0.3, -0.25) is 9.59 Å². The lowest BCUT2D eigenvalue weighted by molar-refractivity contribution is -0.154. The number of piperazine rings is 1. The Balaban J connectivity index is 1.77. The summed E-state index contributed by atoms with van der Waals surface area (Å²) in [5.41, 5.74) is 4.40. The Morgan fingerprint density at radius 3 is 2.61 bits per heavy atom. The number of fused-ring (bicyclic) bond motifs is 5. The molecule has 0 radical (unpaired) electrons. The Kier molecular flexibility index (Phi) is 3.63. The van der Waals surface area contributed by atoms with Crippen LogP contribution in [0.4, 0.5) is 0 Å². The van der Waals surface area contributed by atoms with Gasteiger partial charge in [0.1, 0.15) is 0 Å². The quantitative estimate of drug-likeness (QED) is 0.725. The van der Waals surface area contributed by atoms with Gasteiger partial charge in [0.05, 0.1) is 12.2 Å². The summed E-state index contributed by atoms with van der Waals surface area (Å²) in [4.78, 5) is 30.9. The number of carbonyl (C=O) groups is 2. The van der Waals surface area contributed by atoms with Crippen molar-refractivity contribution in [1.82, 2.24) is 15.2 Å². The van der Waals surface area contributed by atoms with Crippen molar-refractivity contribution >= 4 is 22.7 Å². The standard InChI is InChI=1S/C23H23N3O2/c1-3-14-8-10-15(11-9-14)17-13-26-19(27)12-24-22(28)23(26,2)21-20(17)16-6-4-5-7-18(16)25-21/h4-11,17,25H,3,12-13H2,1-2H3,(H,24,28)/t17-,23+/m1/s1. The number of amides is 2. The fourth-order valence-corrected chi connectivity index (χ4v) is 4.77. The van der Waals surface area contributed by atoms with E-state index in [4.69, 9.17) is 0 Å². The molecular weight excluding hydrogens is 350 g/mol. The Hall–Kier alpha value is -3.08. The first-order valence-corrected chi connectivity index (χ1v) is 9.82. The first-order valence-electron chi connectivity index (χ1n) is 9.82. The molecule has 2 aliphatic rings. The Labute approximate surface area is 163 Å². The molecule has 28 heavy (non-hydrogen) atoms. The molecule has 0 saturated carbocycles. The van der Waals surface area contributed by atoms with Crippen molar-refractivity contribution < 1.29 is 9.59 Å². The molecule has 5 rings (SSSR count). The van der Waals surface area contributed by atoms with Crippen molar-refractivity contribution in [2.75, 3.05) is 13.1 Å². The molecular formula is C23H23N3O2. The van der Waals surface area contributed by atoms with Crippen LogP contribution in [0.15, 0.2) is 48.5 Å². The van der Waals surface area contributed by atoms with Crippen LogP contribution in [0.2, 0.25) is 0 Å². The van der Waals surface area contributed by atoms with Gasteiger partial charge in [0, 0.05) is 23.4 Å². The summed E-state index contributed by atoms with van der Waals surface area (Å²) in [5, 5.41) is 3.90. The number of nitrogens with zero attached hydrogens (tertiary/aromatic N) is 1. The molecule has 1 aromatic heterocycles. The van der Waals surface area contributed by atoms with Gasteiger partial charge in [-0.2, -0.15) is 0 Å². The number of hydrogen-bond donors (Lipinski definition) is 2. The first kappa shape index (κ1) is 17.0. The van der Waals surface area contributed by atoms with E-state index in [1.807, 2.05) is 25.1 Å². The number of H-pyrrole nitrogens is 1. The highest BCUT2D eigenvalue weighted by Crippen LogP contribution is 2.46. The number of aromatic nitrogens is 1. The molecule has 2 atom stereocenters. The van der Waals surface area contributed by atoms with Gasteiger partial charge >= 0.3 is 0 Å². The lowest BCUT2D eigenvalue weighted by Gasteiger charge is -2.48. The van der Waals surface area contributed by atoms with E-state index in [1.54, 1.807) is 4.90 Å². The minimum atomic E-state index is -1.01. The van der Waals surface area contributed by atoms with Crippen LogP contribution >= 0.6 is 0 Å². The number of carbonyl (C=O) groups excluding carboxylic acids is 2. The maximum atomic E-state index is 12.9. The van der Waals surface area contributed by atoms with Gasteiger partial charge in [0.2, 0.25) is 5.91 Å². The van der Waals surface area contributed by atoms with Gasteiger partial charge in [0.15, 0.2) is 5.54 Å². The van der Waals surface area contributed by atoms with Gasteiger partial charge in [-0.25, -0.2) is 0 Å².